The van der Waals surface area contributed by atoms with Crippen LogP contribution in [-0.4, -0.2) is 15.0 Å². The third-order valence-electron chi connectivity index (χ3n) is 3.50. The molecule has 0 fully saturated rings. The van der Waals surface area contributed by atoms with Gasteiger partial charge < -0.3 is 5.32 Å². The number of benzene rings is 2. The molecular formula is C15H11BrCl2F3NO2S. The van der Waals surface area contributed by atoms with E-state index in [0.29, 0.717) is 10.0 Å². The largest absolute Gasteiger partial charge is 0.385 e. The minimum absolute atomic E-state index is 0.0765. The van der Waals surface area contributed by atoms with Gasteiger partial charge in [-0.2, -0.15) is 0 Å². The summed E-state index contributed by atoms with van der Waals surface area (Å²) < 4.78 is 64.3. The maximum absolute atomic E-state index is 14.5. The molecule has 0 bridgehead atoms. The zero-order valence-electron chi connectivity index (χ0n) is 12.6. The van der Waals surface area contributed by atoms with Crippen molar-refractivity contribution < 1.29 is 21.6 Å². The molecule has 136 valence electrons. The maximum atomic E-state index is 14.5. The molecule has 0 spiro atoms. The number of hydrogen-bond acceptors (Lipinski definition) is 3. The topological polar surface area (TPSA) is 46.2 Å². The molecule has 1 N–H and O–H groups in total. The molecule has 0 radical (unpaired) electrons. The van der Waals surface area contributed by atoms with Crippen LogP contribution < -0.4 is 5.32 Å². The molecule has 2 rings (SSSR count). The standard InChI is InChI=1S/C15H11BrCl2F3NO2S/c1-7-9(14(20)13(6-10(7)16)25(18,23)24)2-3-22-8-4-11(17)15(21)12(19)5-8/h4-6,22H,2-3H2,1H3. The molecule has 10 heteroatoms. The Morgan fingerprint density at radius 3 is 2.36 bits per heavy atom. The molecule has 0 saturated heterocycles. The van der Waals surface area contributed by atoms with Crippen LogP contribution in [-0.2, 0) is 15.5 Å². The van der Waals surface area contributed by atoms with Gasteiger partial charge in [0.25, 0.3) is 9.05 Å². The minimum Gasteiger partial charge on any atom is -0.385 e. The van der Waals surface area contributed by atoms with Gasteiger partial charge in [-0.05, 0) is 36.6 Å². The van der Waals surface area contributed by atoms with Crippen molar-refractivity contribution in [3.8, 4) is 0 Å². The van der Waals surface area contributed by atoms with Gasteiger partial charge in [0.15, 0.2) is 11.6 Å². The van der Waals surface area contributed by atoms with Crippen LogP contribution in [0.2, 0.25) is 5.02 Å². The number of rotatable bonds is 5. The first-order valence-corrected chi connectivity index (χ1v) is 10.3. The molecule has 0 atom stereocenters. The van der Waals surface area contributed by atoms with E-state index in [9.17, 15) is 21.6 Å². The minimum atomic E-state index is -4.25. The first kappa shape index (κ1) is 20.4. The quantitative estimate of drug-likeness (QED) is 0.463. The van der Waals surface area contributed by atoms with Gasteiger partial charge in [0, 0.05) is 33.5 Å². The van der Waals surface area contributed by atoms with E-state index in [1.807, 2.05) is 0 Å². The fourth-order valence-corrected chi connectivity index (χ4v) is 3.97. The van der Waals surface area contributed by atoms with E-state index in [2.05, 4.69) is 21.2 Å². The van der Waals surface area contributed by atoms with Crippen molar-refractivity contribution in [1.29, 1.82) is 0 Å². The van der Waals surface area contributed by atoms with Crippen LogP contribution in [0.5, 0.6) is 0 Å². The molecular weight excluding hydrogens is 466 g/mol. The third kappa shape index (κ3) is 4.61. The summed E-state index contributed by atoms with van der Waals surface area (Å²) in [6, 6.07) is 3.21. The fraction of sp³-hybridized carbons (Fsp3) is 0.200. The average molecular weight is 477 g/mol. The lowest BCUT2D eigenvalue weighted by atomic mass is 10.0. The van der Waals surface area contributed by atoms with Crippen molar-refractivity contribution in [3.05, 3.63) is 56.3 Å². The number of hydrogen-bond donors (Lipinski definition) is 1. The highest BCUT2D eigenvalue weighted by atomic mass is 79.9. The van der Waals surface area contributed by atoms with Crippen LogP contribution >= 0.6 is 38.2 Å². The van der Waals surface area contributed by atoms with Crippen molar-refractivity contribution in [1.82, 2.24) is 0 Å². The highest BCUT2D eigenvalue weighted by molar-refractivity contribution is 9.10. The molecule has 0 aromatic heterocycles. The Hall–Kier alpha value is -0.960. The van der Waals surface area contributed by atoms with Crippen LogP contribution in [0.15, 0.2) is 27.6 Å². The van der Waals surface area contributed by atoms with Gasteiger partial charge in [0.2, 0.25) is 0 Å². The molecule has 0 aliphatic carbocycles. The van der Waals surface area contributed by atoms with Crippen molar-refractivity contribution in [3.63, 3.8) is 0 Å². The van der Waals surface area contributed by atoms with Gasteiger partial charge in [0.05, 0.1) is 5.02 Å². The average Bonchev–Trinajstić information content (AvgIpc) is 2.50. The van der Waals surface area contributed by atoms with Crippen LogP contribution in [0.3, 0.4) is 0 Å². The highest BCUT2D eigenvalue weighted by Crippen LogP contribution is 2.31. The van der Waals surface area contributed by atoms with E-state index < -0.39 is 31.4 Å². The van der Waals surface area contributed by atoms with Crippen LogP contribution in [0.25, 0.3) is 0 Å². The SMILES string of the molecule is Cc1c(Br)cc(S(=O)(=O)Cl)c(F)c1CCNc1cc(F)c(F)c(Cl)c1. The highest BCUT2D eigenvalue weighted by Gasteiger charge is 2.22. The van der Waals surface area contributed by atoms with Crippen LogP contribution in [0.4, 0.5) is 18.9 Å². The number of anilines is 1. The predicted octanol–water partition coefficient (Wildman–Crippen LogP) is 5.41. The van der Waals surface area contributed by atoms with Gasteiger partial charge in [-0.3, -0.25) is 0 Å². The van der Waals surface area contributed by atoms with E-state index >= 15 is 0 Å². The summed E-state index contributed by atoms with van der Waals surface area (Å²) in [4.78, 5) is -0.627. The second-order valence-electron chi connectivity index (χ2n) is 5.14. The lowest BCUT2D eigenvalue weighted by molar-refractivity contribution is 0.509. The van der Waals surface area contributed by atoms with Crippen molar-refractivity contribution >= 4 is 53.0 Å². The Kier molecular flexibility index (Phi) is 6.30. The van der Waals surface area contributed by atoms with Crippen LogP contribution in [0, 0.1) is 24.4 Å². The molecule has 0 aliphatic rings. The lowest BCUT2D eigenvalue weighted by Gasteiger charge is -2.13. The third-order valence-corrected chi connectivity index (χ3v) is 5.92. The number of halogens is 6. The molecule has 0 saturated carbocycles. The normalized spacial score (nSPS) is 11.6. The summed E-state index contributed by atoms with van der Waals surface area (Å²) in [5, 5.41) is 2.39. The van der Waals surface area contributed by atoms with E-state index in [0.717, 1.165) is 12.1 Å². The summed E-state index contributed by atoms with van der Waals surface area (Å²) in [5.74, 6) is -3.21. The van der Waals surface area contributed by atoms with Crippen LogP contribution in [0.1, 0.15) is 11.1 Å². The molecule has 25 heavy (non-hydrogen) atoms. The second-order valence-corrected chi connectivity index (χ2v) is 8.94. The monoisotopic (exact) mass is 475 g/mol. The van der Waals surface area contributed by atoms with E-state index in [-0.39, 0.29) is 29.2 Å². The van der Waals surface area contributed by atoms with Gasteiger partial charge in [-0.1, -0.05) is 27.5 Å². The Labute approximate surface area is 160 Å². The van der Waals surface area contributed by atoms with Crippen molar-refractivity contribution in [2.75, 3.05) is 11.9 Å². The Balaban J connectivity index is 2.25. The summed E-state index contributed by atoms with van der Waals surface area (Å²) in [7, 11) is 0.993. The lowest BCUT2D eigenvalue weighted by Crippen LogP contribution is -2.10. The Bertz CT molecular complexity index is 916. The van der Waals surface area contributed by atoms with E-state index in [1.165, 1.54) is 6.07 Å². The first-order valence-electron chi connectivity index (χ1n) is 6.83. The van der Waals surface area contributed by atoms with Gasteiger partial charge in [0.1, 0.15) is 10.7 Å². The zero-order chi connectivity index (χ0) is 18.9. The van der Waals surface area contributed by atoms with Gasteiger partial charge >= 0.3 is 0 Å². The summed E-state index contributed by atoms with van der Waals surface area (Å²) in [6.07, 6.45) is 0.0765. The molecule has 0 unspecified atom stereocenters. The molecule has 0 aliphatic heterocycles. The summed E-state index contributed by atoms with van der Waals surface area (Å²) >= 11 is 8.72. The summed E-state index contributed by atoms with van der Waals surface area (Å²) in [6.45, 7) is 1.74. The van der Waals surface area contributed by atoms with Crippen molar-refractivity contribution in [2.45, 2.75) is 18.2 Å². The van der Waals surface area contributed by atoms with E-state index in [1.54, 1.807) is 6.92 Å². The maximum Gasteiger partial charge on any atom is 0.264 e. The van der Waals surface area contributed by atoms with Crippen molar-refractivity contribution in [2.24, 2.45) is 0 Å². The molecule has 2 aromatic carbocycles. The molecule has 0 heterocycles. The zero-order valence-corrected chi connectivity index (χ0v) is 16.6. The van der Waals surface area contributed by atoms with Gasteiger partial charge in [-0.15, -0.1) is 0 Å². The molecule has 2 aromatic rings. The second kappa shape index (κ2) is 7.73. The summed E-state index contributed by atoms with van der Waals surface area (Å²) in [5.41, 5.74) is 0.851. The Morgan fingerprint density at radius 2 is 1.80 bits per heavy atom. The fourth-order valence-electron chi connectivity index (χ4n) is 2.21. The Morgan fingerprint density at radius 1 is 1.16 bits per heavy atom. The smallest absolute Gasteiger partial charge is 0.264 e. The predicted molar refractivity (Wildman–Crippen MR) is 95.4 cm³/mol. The molecule has 0 amide bonds. The van der Waals surface area contributed by atoms with E-state index in [4.69, 9.17) is 22.3 Å². The first-order chi connectivity index (χ1) is 11.5. The molecule has 3 nitrogen and oxygen atoms in total. The van der Waals surface area contributed by atoms with Gasteiger partial charge in [-0.25, -0.2) is 21.6 Å². The number of nitrogens with one attached hydrogen (secondary N) is 1.